The van der Waals surface area contributed by atoms with Gasteiger partial charge in [-0.05, 0) is 37.5 Å². The van der Waals surface area contributed by atoms with Crippen molar-refractivity contribution < 1.29 is 13.2 Å². The number of sulfonamides is 1. The Morgan fingerprint density at radius 2 is 2.05 bits per heavy atom. The Morgan fingerprint density at radius 1 is 1.37 bits per heavy atom. The number of hydrogen-bond donors (Lipinski definition) is 1. The summed E-state index contributed by atoms with van der Waals surface area (Å²) in [5.74, 6) is 1.25. The van der Waals surface area contributed by atoms with Crippen molar-refractivity contribution in [1.82, 2.24) is 9.62 Å². The van der Waals surface area contributed by atoms with E-state index in [2.05, 4.69) is 12.2 Å². The lowest BCUT2D eigenvalue weighted by atomic mass is 10.0. The number of rotatable bonds is 5. The second kappa shape index (κ2) is 5.79. The minimum Gasteiger partial charge on any atom is -0.352 e. The first-order valence-electron chi connectivity index (χ1n) is 7.10. The molecule has 1 N–H and O–H groups in total. The molecule has 110 valence electrons. The van der Waals surface area contributed by atoms with Crippen molar-refractivity contribution >= 4 is 15.9 Å². The van der Waals surface area contributed by atoms with Crippen molar-refractivity contribution in [3.63, 3.8) is 0 Å². The summed E-state index contributed by atoms with van der Waals surface area (Å²) in [6.45, 7) is 3.12. The molecule has 1 aliphatic heterocycles. The van der Waals surface area contributed by atoms with Crippen molar-refractivity contribution in [2.24, 2.45) is 11.8 Å². The number of carbonyl (C=O) groups excluding carboxylic acids is 1. The topological polar surface area (TPSA) is 66.5 Å². The highest BCUT2D eigenvalue weighted by molar-refractivity contribution is 7.88. The number of amides is 1. The Bertz CT molecular complexity index is 431. The number of piperidine rings is 1. The van der Waals surface area contributed by atoms with Crippen LogP contribution in [0.25, 0.3) is 0 Å². The highest BCUT2D eigenvalue weighted by Gasteiger charge is 2.31. The lowest BCUT2D eigenvalue weighted by Crippen LogP contribution is -2.49. The van der Waals surface area contributed by atoms with Crippen LogP contribution in [0.5, 0.6) is 0 Å². The molecule has 2 rings (SSSR count). The zero-order chi connectivity index (χ0) is 14.0. The molecule has 0 spiro atoms. The summed E-state index contributed by atoms with van der Waals surface area (Å²) in [6.07, 6.45) is 5.98. The fraction of sp³-hybridized carbons (Fsp3) is 0.923. The lowest BCUT2D eigenvalue weighted by Gasteiger charge is -2.31. The summed E-state index contributed by atoms with van der Waals surface area (Å²) in [4.78, 5) is 11.9. The van der Waals surface area contributed by atoms with E-state index in [0.717, 1.165) is 18.8 Å². The molecule has 6 heteroatoms. The monoisotopic (exact) mass is 288 g/mol. The Hall–Kier alpha value is -0.620. The van der Waals surface area contributed by atoms with E-state index in [-0.39, 0.29) is 11.9 Å². The van der Waals surface area contributed by atoms with Gasteiger partial charge in [0.25, 0.3) is 0 Å². The maximum atomic E-state index is 11.9. The minimum absolute atomic E-state index is 0.0256. The first-order chi connectivity index (χ1) is 8.86. The molecule has 19 heavy (non-hydrogen) atoms. The number of carbonyl (C=O) groups is 1. The minimum atomic E-state index is -3.14. The van der Waals surface area contributed by atoms with Gasteiger partial charge in [-0.2, -0.15) is 0 Å². The fourth-order valence-electron chi connectivity index (χ4n) is 2.77. The lowest BCUT2D eigenvalue weighted by molar-refractivity contribution is -0.123. The van der Waals surface area contributed by atoms with E-state index in [9.17, 15) is 13.2 Å². The van der Waals surface area contributed by atoms with Gasteiger partial charge in [0.2, 0.25) is 15.9 Å². The van der Waals surface area contributed by atoms with Crippen LogP contribution in [-0.4, -0.2) is 44.0 Å². The third-order valence-corrected chi connectivity index (χ3v) is 5.42. The van der Waals surface area contributed by atoms with Gasteiger partial charge < -0.3 is 5.32 Å². The molecule has 1 aliphatic carbocycles. The van der Waals surface area contributed by atoms with E-state index in [1.807, 2.05) is 0 Å². The van der Waals surface area contributed by atoms with Crippen LogP contribution in [0.15, 0.2) is 0 Å². The molecule has 0 aromatic rings. The normalized spacial score (nSPS) is 26.9. The van der Waals surface area contributed by atoms with Crippen LogP contribution < -0.4 is 5.32 Å². The predicted molar refractivity (Wildman–Crippen MR) is 74.1 cm³/mol. The van der Waals surface area contributed by atoms with E-state index in [1.165, 1.54) is 23.4 Å². The third-order valence-electron chi connectivity index (χ3n) is 4.15. The molecule has 0 aromatic heterocycles. The molecule has 0 aromatic carbocycles. The van der Waals surface area contributed by atoms with Crippen LogP contribution in [-0.2, 0) is 14.8 Å². The summed E-state index contributed by atoms with van der Waals surface area (Å²) in [6, 6.07) is -0.0256. The van der Waals surface area contributed by atoms with Crippen molar-refractivity contribution in [2.75, 3.05) is 19.3 Å². The summed E-state index contributed by atoms with van der Waals surface area (Å²) in [7, 11) is -3.14. The molecule has 2 atom stereocenters. The first kappa shape index (κ1) is 14.8. The Morgan fingerprint density at radius 3 is 2.63 bits per heavy atom. The van der Waals surface area contributed by atoms with Gasteiger partial charge in [0, 0.05) is 25.6 Å². The van der Waals surface area contributed by atoms with Crippen LogP contribution in [0.4, 0.5) is 0 Å². The van der Waals surface area contributed by atoms with Crippen LogP contribution >= 0.6 is 0 Å². The second-order valence-electron chi connectivity index (χ2n) is 6.05. The molecule has 0 bridgehead atoms. The van der Waals surface area contributed by atoms with Gasteiger partial charge >= 0.3 is 0 Å². The van der Waals surface area contributed by atoms with Crippen LogP contribution in [0.3, 0.4) is 0 Å². The summed E-state index contributed by atoms with van der Waals surface area (Å²) < 4.78 is 24.5. The maximum Gasteiger partial charge on any atom is 0.220 e. The fourth-order valence-corrected chi connectivity index (χ4v) is 3.68. The van der Waals surface area contributed by atoms with Crippen LogP contribution in [0, 0.1) is 11.8 Å². The highest BCUT2D eigenvalue weighted by atomic mass is 32.2. The smallest absolute Gasteiger partial charge is 0.220 e. The van der Waals surface area contributed by atoms with Gasteiger partial charge in [0.1, 0.15) is 0 Å². The van der Waals surface area contributed by atoms with E-state index in [0.29, 0.717) is 25.4 Å². The first-order valence-corrected chi connectivity index (χ1v) is 8.95. The van der Waals surface area contributed by atoms with Crippen molar-refractivity contribution in [3.05, 3.63) is 0 Å². The van der Waals surface area contributed by atoms with Crippen molar-refractivity contribution in [3.8, 4) is 0 Å². The molecule has 1 heterocycles. The predicted octanol–water partition coefficient (Wildman–Crippen LogP) is 0.963. The molecule has 2 fully saturated rings. The van der Waals surface area contributed by atoms with Gasteiger partial charge in [-0.3, -0.25) is 4.79 Å². The third kappa shape index (κ3) is 4.45. The van der Waals surface area contributed by atoms with Gasteiger partial charge in [-0.15, -0.1) is 0 Å². The number of hydrogen-bond acceptors (Lipinski definition) is 3. The van der Waals surface area contributed by atoms with Gasteiger partial charge in [0.15, 0.2) is 0 Å². The average Bonchev–Trinajstić information content (AvgIpc) is 3.11. The van der Waals surface area contributed by atoms with Gasteiger partial charge in [0.05, 0.1) is 6.26 Å². The Labute approximate surface area is 115 Å². The highest BCUT2D eigenvalue weighted by Crippen LogP contribution is 2.38. The van der Waals surface area contributed by atoms with E-state index < -0.39 is 10.0 Å². The molecule has 1 saturated heterocycles. The van der Waals surface area contributed by atoms with Crippen LogP contribution in [0.1, 0.15) is 39.0 Å². The molecule has 0 radical (unpaired) electrons. The van der Waals surface area contributed by atoms with Crippen molar-refractivity contribution in [2.45, 2.75) is 45.1 Å². The van der Waals surface area contributed by atoms with E-state index >= 15 is 0 Å². The number of nitrogens with one attached hydrogen (secondary N) is 1. The van der Waals surface area contributed by atoms with Gasteiger partial charge in [-0.25, -0.2) is 12.7 Å². The van der Waals surface area contributed by atoms with E-state index in [1.54, 1.807) is 0 Å². The van der Waals surface area contributed by atoms with Crippen LogP contribution in [0.2, 0.25) is 0 Å². The molecular formula is C13H24N2O3S. The molecule has 0 unspecified atom stereocenters. The zero-order valence-corrected chi connectivity index (χ0v) is 12.6. The SMILES string of the molecule is C[C@H](CC(=O)N[C@@H]1CCCN(S(C)(=O)=O)C1)C1CC1. The summed E-state index contributed by atoms with van der Waals surface area (Å²) >= 11 is 0. The largest absolute Gasteiger partial charge is 0.352 e. The average molecular weight is 288 g/mol. The number of nitrogens with zero attached hydrogens (tertiary/aromatic N) is 1. The Kier molecular flexibility index (Phi) is 4.50. The van der Waals surface area contributed by atoms with Gasteiger partial charge in [-0.1, -0.05) is 6.92 Å². The standard InChI is InChI=1S/C13H24N2O3S/c1-10(11-5-6-11)8-13(16)14-12-4-3-7-15(9-12)19(2,17)18/h10-12H,3-9H2,1-2H3,(H,14,16)/t10-,12-/m1/s1. The molecule has 2 aliphatic rings. The zero-order valence-electron chi connectivity index (χ0n) is 11.8. The quantitative estimate of drug-likeness (QED) is 0.819. The summed E-state index contributed by atoms with van der Waals surface area (Å²) in [5, 5.41) is 2.99. The van der Waals surface area contributed by atoms with Crippen molar-refractivity contribution in [1.29, 1.82) is 0 Å². The molecule has 5 nitrogen and oxygen atoms in total. The molecule has 1 amide bonds. The Balaban J connectivity index is 1.79. The maximum absolute atomic E-state index is 11.9. The molecule has 1 saturated carbocycles. The second-order valence-corrected chi connectivity index (χ2v) is 8.03. The van der Waals surface area contributed by atoms with E-state index in [4.69, 9.17) is 0 Å². The molecular weight excluding hydrogens is 264 g/mol. The summed E-state index contributed by atoms with van der Waals surface area (Å²) in [5.41, 5.74) is 0.